The SMILES string of the molecule is CC(C)(CCc1ccc(-c2ccc(Cl)c3c(N(C(=O)c4ccccc4C(=O)OCOP(=O)(O)O)S(C)(=O)=O)nn(CC(F)(F)F)c23)c([C@H](Cc2cc(F)cc(F)c2)NC(=O)Cn2nc(C(F)(F)F)c3c2C(F)(F)C2C[C@H]32)n1)S(C)(=O)=O. The highest BCUT2D eigenvalue weighted by molar-refractivity contribution is 7.93. The number of ether oxygens (including phenoxy) is 1. The van der Waals surface area contributed by atoms with Gasteiger partial charge in [-0.15, -0.1) is 0 Å². The van der Waals surface area contributed by atoms with E-state index in [1.54, 1.807) is 0 Å². The number of pyridine rings is 1. The van der Waals surface area contributed by atoms with Gasteiger partial charge in [0, 0.05) is 40.6 Å². The van der Waals surface area contributed by atoms with E-state index in [1.165, 1.54) is 26.0 Å². The van der Waals surface area contributed by atoms with Crippen molar-refractivity contribution in [2.24, 2.45) is 5.92 Å². The average Bonchev–Trinajstić information content (AvgIpc) is 3.96. The van der Waals surface area contributed by atoms with Crippen molar-refractivity contribution in [3.63, 3.8) is 0 Å². The Morgan fingerprint density at radius 2 is 1.54 bits per heavy atom. The number of halogens is 11. The minimum atomic E-state index is -5.26. The number of hydrogen-bond acceptors (Lipinski definition) is 13. The number of fused-ring (bicyclic) bond motifs is 4. The first kappa shape index (κ1) is 60.6. The summed E-state index contributed by atoms with van der Waals surface area (Å²) in [5, 5.41) is 8.45. The number of alkyl halides is 8. The van der Waals surface area contributed by atoms with E-state index in [1.807, 2.05) is 0 Å². The fraction of sp³-hybridized carbons (Fsp3) is 0.375. The van der Waals surface area contributed by atoms with Gasteiger partial charge in [-0.25, -0.2) is 39.5 Å². The number of aromatic nitrogens is 5. The maximum absolute atomic E-state index is 15.7. The lowest BCUT2D eigenvalue weighted by Gasteiger charge is -2.25. The summed E-state index contributed by atoms with van der Waals surface area (Å²) in [7, 11) is -14.1. The Labute approximate surface area is 457 Å². The lowest BCUT2D eigenvalue weighted by molar-refractivity contribution is -0.143. The van der Waals surface area contributed by atoms with E-state index in [9.17, 15) is 70.9 Å². The van der Waals surface area contributed by atoms with Crippen molar-refractivity contribution >= 4 is 73.8 Å². The Balaban J connectivity index is 1.34. The molecule has 3 aromatic carbocycles. The third kappa shape index (κ3) is 12.8. The molecule has 436 valence electrons. The van der Waals surface area contributed by atoms with Gasteiger partial charge in [0.25, 0.3) is 11.8 Å². The molecule has 1 saturated carbocycles. The normalized spacial score (nSPS) is 16.7. The number of esters is 1. The Morgan fingerprint density at radius 3 is 2.14 bits per heavy atom. The fourth-order valence-corrected chi connectivity index (χ4v) is 11.1. The van der Waals surface area contributed by atoms with E-state index in [0.29, 0.717) is 12.3 Å². The van der Waals surface area contributed by atoms with Crippen LogP contribution in [-0.2, 0) is 76.5 Å². The molecule has 2 amide bonds. The van der Waals surface area contributed by atoms with Crippen LogP contribution in [0.3, 0.4) is 0 Å². The highest BCUT2D eigenvalue weighted by Crippen LogP contribution is 2.68. The van der Waals surface area contributed by atoms with Crippen LogP contribution in [0.1, 0.15) is 93.3 Å². The topological polar surface area (TPSA) is 259 Å². The second-order valence-corrected chi connectivity index (χ2v) is 25.8. The molecule has 1 fully saturated rings. The minimum Gasteiger partial charge on any atom is -0.434 e. The van der Waals surface area contributed by atoms with Crippen LogP contribution in [0.4, 0.5) is 49.7 Å². The van der Waals surface area contributed by atoms with Gasteiger partial charge in [-0.05, 0) is 87.4 Å². The number of anilines is 1. The van der Waals surface area contributed by atoms with Gasteiger partial charge in [-0.1, -0.05) is 35.9 Å². The van der Waals surface area contributed by atoms with Crippen LogP contribution in [-0.4, -0.2) is 99.2 Å². The summed E-state index contributed by atoms with van der Waals surface area (Å²) in [5.41, 5.74) is -7.48. The highest BCUT2D eigenvalue weighted by Gasteiger charge is 2.68. The van der Waals surface area contributed by atoms with Crippen LogP contribution < -0.4 is 9.62 Å². The molecule has 2 aliphatic rings. The summed E-state index contributed by atoms with van der Waals surface area (Å²) in [5.74, 6) is -14.7. The van der Waals surface area contributed by atoms with Crippen LogP contribution in [0.2, 0.25) is 5.02 Å². The molecule has 3 aromatic heterocycles. The number of carbonyl (C=O) groups is 3. The van der Waals surface area contributed by atoms with Gasteiger partial charge in [0.05, 0.1) is 49.8 Å². The number of amides is 2. The highest BCUT2D eigenvalue weighted by atomic mass is 35.5. The van der Waals surface area contributed by atoms with E-state index < -0.39 is 185 Å². The summed E-state index contributed by atoms with van der Waals surface area (Å²) in [6, 6.07) is 8.79. The molecule has 33 heteroatoms. The second-order valence-electron chi connectivity index (χ2n) is 19.7. The van der Waals surface area contributed by atoms with Gasteiger partial charge in [0.2, 0.25) is 22.7 Å². The maximum atomic E-state index is 15.7. The van der Waals surface area contributed by atoms with Gasteiger partial charge >= 0.3 is 26.1 Å². The predicted octanol–water partition coefficient (Wildman–Crippen LogP) is 8.70. The Kier molecular flexibility index (Phi) is 16.0. The van der Waals surface area contributed by atoms with Crippen molar-refractivity contribution in [2.75, 3.05) is 23.6 Å². The third-order valence-electron chi connectivity index (χ3n) is 13.4. The van der Waals surface area contributed by atoms with Crippen LogP contribution in [0, 0.1) is 17.6 Å². The molecule has 8 rings (SSSR count). The first-order valence-electron chi connectivity index (χ1n) is 23.5. The number of nitrogens with zero attached hydrogens (tertiary/aromatic N) is 6. The van der Waals surface area contributed by atoms with Gasteiger partial charge in [0.15, 0.2) is 21.3 Å². The number of hydrogen-bond donors (Lipinski definition) is 3. The number of benzene rings is 3. The van der Waals surface area contributed by atoms with Gasteiger partial charge in [-0.3, -0.25) is 23.9 Å². The lowest BCUT2D eigenvalue weighted by atomic mass is 9.93. The standard InChI is InChI=1S/C48H43ClF10N7O12PS2/c1-45(2,80(3,73)74)14-13-26-9-10-27(38(60-26)34(17-23-15-24(50)18-25(51)16-23)61-35(67)20-64-41-36(40(62-64)48(57,58)59)31-19-32(31)47(41,55)56)28-11-12-33(49)37-39(28)65(21-46(52,53)54)63-42(37)66(81(4,75)76)43(68)29-7-5-6-8-30(29)44(69)77-22-78-79(70,71)72/h5-12,15-16,18,31-32,34H,13-14,17,19-22H2,1-4H3,(H,61,67)(H2,70,71,72)/t31-,32?,34-/m0/s1. The number of phosphoric acid groups is 1. The van der Waals surface area contributed by atoms with Crippen molar-refractivity contribution in [3.8, 4) is 11.1 Å². The summed E-state index contributed by atoms with van der Waals surface area (Å²) in [6.45, 7) is -2.06. The molecule has 81 heavy (non-hydrogen) atoms. The van der Waals surface area contributed by atoms with Crippen molar-refractivity contribution < 1.29 is 98.7 Å². The van der Waals surface area contributed by atoms with Crippen molar-refractivity contribution in [3.05, 3.63) is 128 Å². The molecule has 0 aliphatic heterocycles. The summed E-state index contributed by atoms with van der Waals surface area (Å²) in [6.07, 6.45) is -10.5. The van der Waals surface area contributed by atoms with E-state index in [4.69, 9.17) is 26.1 Å². The zero-order valence-corrected chi connectivity index (χ0v) is 45.4. The maximum Gasteiger partial charge on any atom is 0.472 e. The number of sulfone groups is 1. The first-order chi connectivity index (χ1) is 37.3. The van der Waals surface area contributed by atoms with E-state index >= 15 is 8.78 Å². The van der Waals surface area contributed by atoms with Crippen LogP contribution in [0.15, 0.2) is 66.7 Å². The van der Waals surface area contributed by atoms with Crippen molar-refractivity contribution in [1.29, 1.82) is 0 Å². The molecule has 0 saturated heterocycles. The largest absolute Gasteiger partial charge is 0.472 e. The monoisotopic (exact) mass is 1230 g/mol. The third-order valence-corrected chi connectivity index (χ3v) is 17.4. The van der Waals surface area contributed by atoms with Crippen LogP contribution in [0.25, 0.3) is 22.0 Å². The number of nitrogens with one attached hydrogen (secondary N) is 1. The van der Waals surface area contributed by atoms with E-state index in [0.717, 1.165) is 54.8 Å². The number of carbonyl (C=O) groups excluding carboxylic acids is 3. The molecule has 0 radical (unpaired) electrons. The molecular formula is C48H43ClF10N7O12PS2. The van der Waals surface area contributed by atoms with E-state index in [-0.39, 0.29) is 49.8 Å². The Hall–Kier alpha value is -6.50. The molecular weight excluding hydrogens is 1190 g/mol. The zero-order valence-electron chi connectivity index (χ0n) is 42.1. The first-order valence-corrected chi connectivity index (χ1v) is 29.2. The van der Waals surface area contributed by atoms with Crippen molar-refractivity contribution in [1.82, 2.24) is 29.9 Å². The zero-order chi connectivity index (χ0) is 59.9. The molecule has 0 spiro atoms. The Bertz CT molecular complexity index is 3810. The quantitative estimate of drug-likeness (QED) is 0.0296. The summed E-state index contributed by atoms with van der Waals surface area (Å²) >= 11 is 6.72. The predicted molar refractivity (Wildman–Crippen MR) is 266 cm³/mol. The molecule has 3 atom stereocenters. The molecule has 19 nitrogen and oxygen atoms in total. The molecule has 2 aliphatic carbocycles. The van der Waals surface area contributed by atoms with Gasteiger partial charge in [-0.2, -0.15) is 49.6 Å². The number of phosphoric ester groups is 1. The van der Waals surface area contributed by atoms with Crippen LogP contribution in [0.5, 0.6) is 0 Å². The Morgan fingerprint density at radius 1 is 0.914 bits per heavy atom. The van der Waals surface area contributed by atoms with Gasteiger partial charge < -0.3 is 19.8 Å². The fourth-order valence-electron chi connectivity index (χ4n) is 9.41. The molecule has 3 heterocycles. The summed E-state index contributed by atoms with van der Waals surface area (Å²) < 4.78 is 221. The molecule has 6 aromatic rings. The lowest BCUT2D eigenvalue weighted by Crippen LogP contribution is -2.37. The van der Waals surface area contributed by atoms with E-state index in [2.05, 4.69) is 25.0 Å². The number of sulfonamides is 1. The summed E-state index contributed by atoms with van der Waals surface area (Å²) in [4.78, 5) is 64.8. The number of aryl methyl sites for hydroxylation is 1. The molecule has 0 bridgehead atoms. The smallest absolute Gasteiger partial charge is 0.434 e. The minimum absolute atomic E-state index is 0.0113. The molecule has 1 unspecified atom stereocenters. The van der Waals surface area contributed by atoms with Crippen LogP contribution >= 0.6 is 19.4 Å². The van der Waals surface area contributed by atoms with Crippen molar-refractivity contribution in [2.45, 2.75) is 87.6 Å². The number of rotatable bonds is 19. The average molecular weight is 1230 g/mol. The second kappa shape index (κ2) is 21.4. The van der Waals surface area contributed by atoms with Gasteiger partial charge in [0.1, 0.15) is 30.4 Å². The molecule has 3 N–H and O–H groups in total.